The number of hydrogen-bond acceptors (Lipinski definition) is 5. The fourth-order valence-corrected chi connectivity index (χ4v) is 4.52. The number of ether oxygens (including phenoxy) is 1. The Balaban J connectivity index is 1.56. The second-order valence-corrected chi connectivity index (χ2v) is 7.70. The van der Waals surface area contributed by atoms with Crippen molar-refractivity contribution in [1.29, 1.82) is 0 Å². The van der Waals surface area contributed by atoms with E-state index in [4.69, 9.17) is 4.74 Å². The van der Waals surface area contributed by atoms with Crippen LogP contribution in [0.4, 0.5) is 4.39 Å². The number of sulfonamides is 1. The number of nitrogens with one attached hydrogen (secondary N) is 1. The van der Waals surface area contributed by atoms with Crippen LogP contribution in [0.5, 0.6) is 5.88 Å². The van der Waals surface area contributed by atoms with Crippen molar-refractivity contribution in [3.05, 3.63) is 54.0 Å². The molecule has 3 heterocycles. The highest BCUT2D eigenvalue weighted by molar-refractivity contribution is 7.89. The number of likely N-dealkylation sites (tertiary alicyclic amines) is 1. The zero-order valence-electron chi connectivity index (χ0n) is 12.7. The number of pyridine rings is 1. The Labute approximate surface area is 139 Å². The second kappa shape index (κ2) is 5.80. The Morgan fingerprint density at radius 2 is 2.17 bits per heavy atom. The van der Waals surface area contributed by atoms with Crippen LogP contribution in [0.3, 0.4) is 0 Å². The molecule has 0 radical (unpaired) electrons. The molecule has 2 aliphatic heterocycles. The molecule has 0 spiro atoms. The van der Waals surface area contributed by atoms with E-state index in [0.717, 1.165) is 5.56 Å². The molecule has 8 heteroatoms. The number of nitrogens with zero attached hydrogens (tertiary/aromatic N) is 2. The lowest BCUT2D eigenvalue weighted by molar-refractivity contribution is 0.176. The van der Waals surface area contributed by atoms with Gasteiger partial charge in [0.05, 0.1) is 6.04 Å². The van der Waals surface area contributed by atoms with E-state index in [1.807, 2.05) is 11.0 Å². The molecule has 6 nitrogen and oxygen atoms in total. The third kappa shape index (κ3) is 2.88. The fourth-order valence-electron chi connectivity index (χ4n) is 3.18. The number of benzene rings is 1. The van der Waals surface area contributed by atoms with Gasteiger partial charge in [-0.05, 0) is 29.8 Å². The summed E-state index contributed by atoms with van der Waals surface area (Å²) in [5.41, 5.74) is 0.841. The van der Waals surface area contributed by atoms with Crippen molar-refractivity contribution >= 4 is 10.0 Å². The smallest absolute Gasteiger partial charge is 0.246 e. The van der Waals surface area contributed by atoms with E-state index in [1.54, 1.807) is 12.1 Å². The molecule has 0 amide bonds. The molecule has 0 bridgehead atoms. The molecule has 2 atom stereocenters. The Bertz CT molecular complexity index is 874. The van der Waals surface area contributed by atoms with Crippen molar-refractivity contribution in [2.75, 3.05) is 13.1 Å². The third-order valence-corrected chi connectivity index (χ3v) is 5.74. The van der Waals surface area contributed by atoms with Gasteiger partial charge in [-0.2, -0.15) is 0 Å². The Morgan fingerprint density at radius 1 is 1.29 bits per heavy atom. The summed E-state index contributed by atoms with van der Waals surface area (Å²) in [4.78, 5) is 6.15. The maximum atomic E-state index is 13.3. The minimum atomic E-state index is -3.66. The molecule has 1 aromatic heterocycles. The van der Waals surface area contributed by atoms with Crippen LogP contribution >= 0.6 is 0 Å². The molecule has 1 N–H and O–H groups in total. The van der Waals surface area contributed by atoms with Crippen LogP contribution in [0.1, 0.15) is 5.56 Å². The van der Waals surface area contributed by atoms with Crippen LogP contribution in [0.25, 0.3) is 0 Å². The first-order valence-electron chi connectivity index (χ1n) is 7.62. The van der Waals surface area contributed by atoms with Crippen molar-refractivity contribution in [3.63, 3.8) is 0 Å². The van der Waals surface area contributed by atoms with E-state index in [0.29, 0.717) is 19.6 Å². The number of fused-ring (bicyclic) bond motifs is 2. The van der Waals surface area contributed by atoms with Gasteiger partial charge in [0.2, 0.25) is 15.9 Å². The van der Waals surface area contributed by atoms with Gasteiger partial charge in [-0.25, -0.2) is 22.5 Å². The lowest BCUT2D eigenvalue weighted by Crippen LogP contribution is -2.42. The summed E-state index contributed by atoms with van der Waals surface area (Å²) in [6, 6.07) is 9.08. The highest BCUT2D eigenvalue weighted by Gasteiger charge is 2.41. The van der Waals surface area contributed by atoms with Crippen molar-refractivity contribution in [1.82, 2.24) is 14.6 Å². The van der Waals surface area contributed by atoms with Crippen LogP contribution < -0.4 is 9.46 Å². The molecular formula is C16H16FN3O3S. The summed E-state index contributed by atoms with van der Waals surface area (Å²) in [6.45, 7) is 1.57. The van der Waals surface area contributed by atoms with Gasteiger partial charge in [-0.3, -0.25) is 4.90 Å². The summed E-state index contributed by atoms with van der Waals surface area (Å²) in [5.74, 6) is -0.152. The van der Waals surface area contributed by atoms with E-state index >= 15 is 0 Å². The average Bonchev–Trinajstić information content (AvgIpc) is 2.83. The maximum absolute atomic E-state index is 13.3. The number of hydrogen-bond donors (Lipinski definition) is 1. The molecule has 0 saturated carbocycles. The van der Waals surface area contributed by atoms with Crippen LogP contribution in [0.2, 0.25) is 0 Å². The van der Waals surface area contributed by atoms with Gasteiger partial charge in [0, 0.05) is 25.8 Å². The van der Waals surface area contributed by atoms with Crippen LogP contribution in [-0.4, -0.2) is 43.5 Å². The van der Waals surface area contributed by atoms with Crippen molar-refractivity contribution in [2.45, 2.75) is 23.6 Å². The summed E-state index contributed by atoms with van der Waals surface area (Å²) < 4.78 is 46.7. The van der Waals surface area contributed by atoms with Crippen molar-refractivity contribution in [2.24, 2.45) is 0 Å². The highest BCUT2D eigenvalue weighted by atomic mass is 32.2. The number of aromatic nitrogens is 1. The van der Waals surface area contributed by atoms with Crippen LogP contribution in [0.15, 0.2) is 47.5 Å². The lowest BCUT2D eigenvalue weighted by atomic mass is 10.2. The number of rotatable bonds is 2. The van der Waals surface area contributed by atoms with E-state index in [2.05, 4.69) is 9.71 Å². The van der Waals surface area contributed by atoms with E-state index < -0.39 is 10.0 Å². The normalized spacial score (nSPS) is 25.4. The predicted molar refractivity (Wildman–Crippen MR) is 84.4 cm³/mol. The molecule has 2 unspecified atom stereocenters. The molecule has 1 fully saturated rings. The van der Waals surface area contributed by atoms with E-state index in [-0.39, 0.29) is 28.7 Å². The van der Waals surface area contributed by atoms with Crippen LogP contribution in [-0.2, 0) is 16.6 Å². The summed E-state index contributed by atoms with van der Waals surface area (Å²) in [5, 5.41) is 0. The Kier molecular flexibility index (Phi) is 3.75. The largest absolute Gasteiger partial charge is 0.470 e. The predicted octanol–water partition coefficient (Wildman–Crippen LogP) is 1.14. The average molecular weight is 349 g/mol. The maximum Gasteiger partial charge on any atom is 0.246 e. The summed E-state index contributed by atoms with van der Waals surface area (Å²) in [7, 11) is -3.66. The second-order valence-electron chi connectivity index (χ2n) is 6.01. The van der Waals surface area contributed by atoms with Gasteiger partial charge in [0.15, 0.2) is 0 Å². The topological polar surface area (TPSA) is 71.5 Å². The van der Waals surface area contributed by atoms with Crippen molar-refractivity contribution in [3.8, 4) is 5.88 Å². The first-order chi connectivity index (χ1) is 11.5. The monoisotopic (exact) mass is 349 g/mol. The van der Waals surface area contributed by atoms with Crippen LogP contribution in [0, 0.1) is 5.82 Å². The zero-order valence-corrected chi connectivity index (χ0v) is 13.5. The first-order valence-corrected chi connectivity index (χ1v) is 9.10. The minimum Gasteiger partial charge on any atom is -0.470 e. The van der Waals surface area contributed by atoms with E-state index in [1.165, 1.54) is 24.4 Å². The summed E-state index contributed by atoms with van der Waals surface area (Å²) in [6.07, 6.45) is 1.18. The SMILES string of the molecule is O=S1(=O)NC2CN(Cc3cccc(F)c3)CC2Oc2ncccc21. The molecular weight excluding hydrogens is 333 g/mol. The molecule has 4 rings (SSSR count). The lowest BCUT2D eigenvalue weighted by Gasteiger charge is -2.16. The third-order valence-electron chi connectivity index (χ3n) is 4.23. The molecule has 0 aliphatic carbocycles. The van der Waals surface area contributed by atoms with Crippen molar-refractivity contribution < 1.29 is 17.5 Å². The molecule has 1 aromatic carbocycles. The Morgan fingerprint density at radius 3 is 3.00 bits per heavy atom. The molecule has 1 saturated heterocycles. The van der Waals surface area contributed by atoms with Gasteiger partial charge in [0.25, 0.3) is 0 Å². The molecule has 24 heavy (non-hydrogen) atoms. The fraction of sp³-hybridized carbons (Fsp3) is 0.312. The van der Waals surface area contributed by atoms with E-state index in [9.17, 15) is 12.8 Å². The highest BCUT2D eigenvalue weighted by Crippen LogP contribution is 2.29. The van der Waals surface area contributed by atoms with Gasteiger partial charge < -0.3 is 4.74 Å². The minimum absolute atomic E-state index is 0.0658. The standard InChI is InChI=1S/C16H16FN3O3S/c17-12-4-1-3-11(7-12)8-20-9-13-14(10-20)23-16-15(5-2-6-18-16)24(21,22)19-13/h1-7,13-14,19H,8-10H2. The first kappa shape index (κ1) is 15.5. The molecule has 126 valence electrons. The quantitative estimate of drug-likeness (QED) is 0.880. The van der Waals surface area contributed by atoms with Gasteiger partial charge >= 0.3 is 0 Å². The van der Waals surface area contributed by atoms with Gasteiger partial charge in [0.1, 0.15) is 16.8 Å². The van der Waals surface area contributed by atoms with Gasteiger partial charge in [-0.1, -0.05) is 12.1 Å². The molecule has 2 aromatic rings. The molecule has 2 aliphatic rings. The number of halogens is 1. The van der Waals surface area contributed by atoms with Gasteiger partial charge in [-0.15, -0.1) is 0 Å². The zero-order chi connectivity index (χ0) is 16.7. The Hall–Kier alpha value is -2.03. The summed E-state index contributed by atoms with van der Waals surface area (Å²) >= 11 is 0.